The largest absolute Gasteiger partial charge is 0.481 e. The minimum absolute atomic E-state index is 0.00252. The van der Waals surface area contributed by atoms with Crippen LogP contribution in [0.25, 0.3) is 0 Å². The van der Waals surface area contributed by atoms with Gasteiger partial charge in [-0.1, -0.05) is 0 Å². The molecule has 2 saturated heterocycles. The van der Waals surface area contributed by atoms with Gasteiger partial charge in [0, 0.05) is 43.2 Å². The van der Waals surface area contributed by atoms with Crippen LogP contribution in [0.15, 0.2) is 0 Å². The van der Waals surface area contributed by atoms with Crippen molar-refractivity contribution >= 4 is 23.8 Å². The van der Waals surface area contributed by atoms with E-state index >= 15 is 0 Å². The molecule has 2 amide bonds. The van der Waals surface area contributed by atoms with Gasteiger partial charge in [-0.25, -0.2) is 4.79 Å². The van der Waals surface area contributed by atoms with Gasteiger partial charge in [0.05, 0.1) is 12.5 Å². The average Bonchev–Trinajstić information content (AvgIpc) is 2.41. The van der Waals surface area contributed by atoms with Crippen molar-refractivity contribution in [3.8, 4) is 0 Å². The predicted octanol–water partition coefficient (Wildman–Crippen LogP) is 1.02. The fraction of sp³-hybridized carbons (Fsp3) is 0.857. The van der Waals surface area contributed by atoms with Crippen molar-refractivity contribution in [2.24, 2.45) is 0 Å². The number of urea groups is 1. The van der Waals surface area contributed by atoms with E-state index in [2.05, 4.69) is 25.8 Å². The Morgan fingerprint density at radius 1 is 1.29 bits per heavy atom. The van der Waals surface area contributed by atoms with E-state index in [-0.39, 0.29) is 24.0 Å². The van der Waals surface area contributed by atoms with Crippen molar-refractivity contribution in [3.05, 3.63) is 0 Å². The summed E-state index contributed by atoms with van der Waals surface area (Å²) in [6.45, 7) is 7.16. The van der Waals surface area contributed by atoms with E-state index in [0.29, 0.717) is 19.6 Å². The fourth-order valence-corrected chi connectivity index (χ4v) is 3.92. The number of likely N-dealkylation sites (N-methyl/N-ethyl adjacent to an activating group) is 1. The molecule has 0 bridgehead atoms. The van der Waals surface area contributed by atoms with Crippen LogP contribution < -0.4 is 0 Å². The van der Waals surface area contributed by atoms with E-state index in [1.54, 1.807) is 16.7 Å². The Morgan fingerprint density at radius 2 is 2.00 bits per heavy atom. The lowest BCUT2D eigenvalue weighted by molar-refractivity contribution is -0.138. The lowest BCUT2D eigenvalue weighted by atomic mass is 10.00. The number of carbonyl (C=O) groups excluding carboxylic acids is 1. The van der Waals surface area contributed by atoms with Crippen molar-refractivity contribution in [2.45, 2.75) is 31.8 Å². The molecule has 7 heteroatoms. The molecule has 120 valence electrons. The lowest BCUT2D eigenvalue weighted by Crippen LogP contribution is -2.62. The first-order valence-electron chi connectivity index (χ1n) is 7.37. The number of piperazine rings is 1. The zero-order valence-electron chi connectivity index (χ0n) is 13.0. The van der Waals surface area contributed by atoms with Crippen molar-refractivity contribution in [1.29, 1.82) is 0 Å². The molecule has 2 rings (SSSR count). The highest BCUT2D eigenvalue weighted by atomic mass is 32.2. The molecule has 0 aromatic rings. The van der Waals surface area contributed by atoms with Crippen molar-refractivity contribution < 1.29 is 14.7 Å². The molecule has 2 fully saturated rings. The smallest absolute Gasteiger partial charge is 0.320 e. The summed E-state index contributed by atoms with van der Waals surface area (Å²) in [7, 11) is 2.08. The standard InChI is InChI=1S/C14H25N3O3S/c1-14(2)10-16(5-4-15(14)3)13(20)17-6-7-21-9-11(17)8-12(18)19/h11H,4-10H2,1-3H3,(H,18,19). The summed E-state index contributed by atoms with van der Waals surface area (Å²) in [5.74, 6) is 0.771. The quantitative estimate of drug-likeness (QED) is 0.824. The van der Waals surface area contributed by atoms with Gasteiger partial charge in [0.25, 0.3) is 0 Å². The van der Waals surface area contributed by atoms with E-state index < -0.39 is 5.97 Å². The van der Waals surface area contributed by atoms with Crippen LogP contribution in [0.4, 0.5) is 4.79 Å². The number of carboxylic acid groups (broad SMARTS) is 1. The normalized spacial score (nSPS) is 26.7. The molecule has 0 radical (unpaired) electrons. The molecule has 0 aromatic heterocycles. The van der Waals surface area contributed by atoms with E-state index in [0.717, 1.165) is 18.1 Å². The third kappa shape index (κ3) is 3.83. The monoisotopic (exact) mass is 315 g/mol. The Balaban J connectivity index is 2.05. The summed E-state index contributed by atoms with van der Waals surface area (Å²) in [5, 5.41) is 9.03. The number of rotatable bonds is 2. The molecule has 1 atom stereocenters. The molecule has 2 aliphatic heterocycles. The number of aliphatic carboxylic acids is 1. The Labute approximate surface area is 130 Å². The first-order chi connectivity index (χ1) is 9.81. The lowest BCUT2D eigenvalue weighted by Gasteiger charge is -2.47. The van der Waals surface area contributed by atoms with Crippen LogP contribution in [-0.2, 0) is 4.79 Å². The van der Waals surface area contributed by atoms with Gasteiger partial charge in [-0.3, -0.25) is 9.69 Å². The summed E-state index contributed by atoms with van der Waals surface area (Å²) in [6, 6.07) is -0.181. The Morgan fingerprint density at radius 3 is 2.62 bits per heavy atom. The molecular weight excluding hydrogens is 290 g/mol. The number of carbonyl (C=O) groups is 2. The topological polar surface area (TPSA) is 64.1 Å². The number of nitrogens with zero attached hydrogens (tertiary/aromatic N) is 3. The fourth-order valence-electron chi connectivity index (χ4n) is 2.86. The number of hydrogen-bond acceptors (Lipinski definition) is 4. The zero-order chi connectivity index (χ0) is 15.6. The third-order valence-electron chi connectivity index (χ3n) is 4.47. The molecule has 0 aliphatic carbocycles. The van der Waals surface area contributed by atoms with E-state index in [4.69, 9.17) is 5.11 Å². The Kier molecular flexibility index (Phi) is 5.03. The molecule has 6 nitrogen and oxygen atoms in total. The van der Waals surface area contributed by atoms with E-state index in [1.165, 1.54) is 0 Å². The molecular formula is C14H25N3O3S. The number of amides is 2. The van der Waals surface area contributed by atoms with Crippen molar-refractivity contribution in [3.63, 3.8) is 0 Å². The first-order valence-corrected chi connectivity index (χ1v) is 8.53. The van der Waals surface area contributed by atoms with Gasteiger partial charge >= 0.3 is 12.0 Å². The highest BCUT2D eigenvalue weighted by Gasteiger charge is 2.37. The van der Waals surface area contributed by atoms with Gasteiger partial charge < -0.3 is 14.9 Å². The third-order valence-corrected chi connectivity index (χ3v) is 5.56. The molecule has 0 aromatic carbocycles. The summed E-state index contributed by atoms with van der Waals surface area (Å²) >= 11 is 1.73. The maximum atomic E-state index is 12.8. The van der Waals surface area contributed by atoms with Gasteiger partial charge in [-0.15, -0.1) is 0 Å². The van der Waals surface area contributed by atoms with Crippen LogP contribution in [0.3, 0.4) is 0 Å². The maximum Gasteiger partial charge on any atom is 0.320 e. The average molecular weight is 315 g/mol. The Bertz CT molecular complexity index is 416. The van der Waals surface area contributed by atoms with Crippen LogP contribution in [0, 0.1) is 0 Å². The zero-order valence-corrected chi connectivity index (χ0v) is 13.9. The van der Waals surface area contributed by atoms with E-state index in [1.807, 2.05) is 4.90 Å². The molecule has 2 heterocycles. The van der Waals surface area contributed by atoms with Gasteiger partial charge in [0.2, 0.25) is 0 Å². The second kappa shape index (κ2) is 6.44. The van der Waals surface area contributed by atoms with Gasteiger partial charge in [-0.05, 0) is 20.9 Å². The minimum atomic E-state index is -0.834. The second-order valence-electron chi connectivity index (χ2n) is 6.46. The molecule has 0 saturated carbocycles. The number of hydrogen-bond donors (Lipinski definition) is 1. The SMILES string of the molecule is CN1CCN(C(=O)N2CCSCC2CC(=O)O)CC1(C)C. The van der Waals surface area contributed by atoms with Crippen LogP contribution in [-0.4, -0.2) is 88.1 Å². The predicted molar refractivity (Wildman–Crippen MR) is 83.7 cm³/mol. The number of carboxylic acids is 1. The van der Waals surface area contributed by atoms with Crippen molar-refractivity contribution in [2.75, 3.05) is 44.7 Å². The number of thioether (sulfide) groups is 1. The Hall–Kier alpha value is -0.950. The molecule has 2 aliphatic rings. The van der Waals surface area contributed by atoms with Crippen LogP contribution in [0.2, 0.25) is 0 Å². The van der Waals surface area contributed by atoms with Gasteiger partial charge in [0.15, 0.2) is 0 Å². The molecule has 1 N–H and O–H groups in total. The molecule has 21 heavy (non-hydrogen) atoms. The summed E-state index contributed by atoms with van der Waals surface area (Å²) in [5.41, 5.74) is -0.0409. The maximum absolute atomic E-state index is 12.8. The molecule has 1 unspecified atom stereocenters. The highest BCUT2D eigenvalue weighted by molar-refractivity contribution is 7.99. The second-order valence-corrected chi connectivity index (χ2v) is 7.61. The van der Waals surface area contributed by atoms with Crippen LogP contribution in [0.5, 0.6) is 0 Å². The van der Waals surface area contributed by atoms with Gasteiger partial charge in [0.1, 0.15) is 0 Å². The van der Waals surface area contributed by atoms with E-state index in [9.17, 15) is 9.59 Å². The highest BCUT2D eigenvalue weighted by Crippen LogP contribution is 2.24. The van der Waals surface area contributed by atoms with Gasteiger partial charge in [-0.2, -0.15) is 11.8 Å². The van der Waals surface area contributed by atoms with Crippen LogP contribution >= 0.6 is 11.8 Å². The first kappa shape index (κ1) is 16.4. The van der Waals surface area contributed by atoms with Crippen LogP contribution in [0.1, 0.15) is 20.3 Å². The van der Waals surface area contributed by atoms with Crippen molar-refractivity contribution in [1.82, 2.24) is 14.7 Å². The summed E-state index contributed by atoms with van der Waals surface area (Å²) in [6.07, 6.45) is 0.0376. The summed E-state index contributed by atoms with van der Waals surface area (Å²) < 4.78 is 0. The minimum Gasteiger partial charge on any atom is -0.481 e. The molecule has 0 spiro atoms. The summed E-state index contributed by atoms with van der Waals surface area (Å²) in [4.78, 5) is 29.7.